The van der Waals surface area contributed by atoms with Gasteiger partial charge >= 0.3 is 18.2 Å². The zero-order chi connectivity index (χ0) is 21.0. The Kier molecular flexibility index (Phi) is 5.76. The van der Waals surface area contributed by atoms with Crippen molar-refractivity contribution in [3.63, 3.8) is 0 Å². The monoisotopic (exact) mass is 410 g/mol. The van der Waals surface area contributed by atoms with Crippen molar-refractivity contribution in [3.8, 4) is 11.4 Å². The number of alkyl halides is 3. The van der Waals surface area contributed by atoms with E-state index in [9.17, 15) is 22.4 Å². The SMILES string of the molecule is Cc1cncc(COC(=O)NCc2ccc(-c3noc(C(F)(F)F)n3)cc2F)c1. The fourth-order valence-corrected chi connectivity index (χ4v) is 2.35. The molecule has 2 aromatic heterocycles. The van der Waals surface area contributed by atoms with Crippen LogP contribution in [0.1, 0.15) is 22.6 Å². The van der Waals surface area contributed by atoms with Gasteiger partial charge in [0.25, 0.3) is 0 Å². The third kappa shape index (κ3) is 5.27. The minimum absolute atomic E-state index is 0.0000222. The van der Waals surface area contributed by atoms with Crippen molar-refractivity contribution in [2.45, 2.75) is 26.3 Å². The third-order valence-corrected chi connectivity index (χ3v) is 3.70. The molecule has 2 heterocycles. The third-order valence-electron chi connectivity index (χ3n) is 3.70. The van der Waals surface area contributed by atoms with Crippen LogP contribution < -0.4 is 5.32 Å². The summed E-state index contributed by atoms with van der Waals surface area (Å²) in [5, 5.41) is 5.58. The van der Waals surface area contributed by atoms with E-state index in [2.05, 4.69) is 25.0 Å². The molecule has 0 aliphatic heterocycles. The number of pyridine rings is 1. The molecule has 3 aromatic rings. The van der Waals surface area contributed by atoms with Crippen molar-refractivity contribution in [1.82, 2.24) is 20.4 Å². The summed E-state index contributed by atoms with van der Waals surface area (Å²) in [6.07, 6.45) is -2.33. The van der Waals surface area contributed by atoms with E-state index in [1.165, 1.54) is 12.1 Å². The van der Waals surface area contributed by atoms with Gasteiger partial charge in [-0.15, -0.1) is 0 Å². The first-order valence-electron chi connectivity index (χ1n) is 8.23. The van der Waals surface area contributed by atoms with Gasteiger partial charge in [0.05, 0.1) is 0 Å². The van der Waals surface area contributed by atoms with E-state index in [4.69, 9.17) is 4.74 Å². The first-order chi connectivity index (χ1) is 13.7. The molecule has 1 amide bonds. The second-order valence-corrected chi connectivity index (χ2v) is 6.03. The Morgan fingerprint density at radius 1 is 1.24 bits per heavy atom. The summed E-state index contributed by atoms with van der Waals surface area (Å²) in [5.74, 6) is -2.68. The highest BCUT2D eigenvalue weighted by atomic mass is 19.4. The van der Waals surface area contributed by atoms with Crippen molar-refractivity contribution in [3.05, 3.63) is 65.1 Å². The number of benzene rings is 1. The topological polar surface area (TPSA) is 90.1 Å². The molecule has 0 aliphatic carbocycles. The molecule has 0 fully saturated rings. The highest BCUT2D eigenvalue weighted by Gasteiger charge is 2.38. The summed E-state index contributed by atoms with van der Waals surface area (Å²) >= 11 is 0. The van der Waals surface area contributed by atoms with Crippen LogP contribution in [0.2, 0.25) is 0 Å². The van der Waals surface area contributed by atoms with Crippen LogP contribution in [0, 0.1) is 12.7 Å². The second kappa shape index (κ2) is 8.25. The van der Waals surface area contributed by atoms with Crippen LogP contribution in [0.4, 0.5) is 22.4 Å². The predicted molar refractivity (Wildman–Crippen MR) is 90.7 cm³/mol. The van der Waals surface area contributed by atoms with Crippen molar-refractivity contribution in [1.29, 1.82) is 0 Å². The highest BCUT2D eigenvalue weighted by molar-refractivity contribution is 5.67. The lowest BCUT2D eigenvalue weighted by Gasteiger charge is -2.08. The van der Waals surface area contributed by atoms with E-state index in [0.29, 0.717) is 5.56 Å². The highest BCUT2D eigenvalue weighted by Crippen LogP contribution is 2.29. The van der Waals surface area contributed by atoms with Crippen LogP contribution in [0.25, 0.3) is 11.4 Å². The van der Waals surface area contributed by atoms with Crippen LogP contribution in [0.15, 0.2) is 41.2 Å². The summed E-state index contributed by atoms with van der Waals surface area (Å²) in [6, 6.07) is 5.36. The smallest absolute Gasteiger partial charge is 0.445 e. The molecule has 29 heavy (non-hydrogen) atoms. The summed E-state index contributed by atoms with van der Waals surface area (Å²) in [4.78, 5) is 18.9. The van der Waals surface area contributed by atoms with E-state index >= 15 is 0 Å². The van der Waals surface area contributed by atoms with Gasteiger partial charge in [-0.05, 0) is 24.6 Å². The summed E-state index contributed by atoms with van der Waals surface area (Å²) in [5.41, 5.74) is 1.72. The number of nitrogens with one attached hydrogen (secondary N) is 1. The first kappa shape index (κ1) is 20.2. The molecule has 0 aliphatic rings. The van der Waals surface area contributed by atoms with Crippen LogP contribution >= 0.6 is 0 Å². The first-order valence-corrected chi connectivity index (χ1v) is 8.23. The lowest BCUT2D eigenvalue weighted by molar-refractivity contribution is -0.159. The van der Waals surface area contributed by atoms with Crippen LogP contribution in [-0.4, -0.2) is 21.2 Å². The quantitative estimate of drug-likeness (QED) is 0.639. The van der Waals surface area contributed by atoms with Crippen molar-refractivity contribution in [2.24, 2.45) is 0 Å². The van der Waals surface area contributed by atoms with Gasteiger partial charge in [0.1, 0.15) is 12.4 Å². The average Bonchev–Trinajstić information content (AvgIpc) is 3.16. The average molecular weight is 410 g/mol. The zero-order valence-corrected chi connectivity index (χ0v) is 15.0. The molecule has 0 spiro atoms. The van der Waals surface area contributed by atoms with E-state index in [0.717, 1.165) is 11.6 Å². The predicted octanol–water partition coefficient (Wildman–Crippen LogP) is 4.02. The fraction of sp³-hybridized carbons (Fsp3) is 0.222. The second-order valence-electron chi connectivity index (χ2n) is 6.03. The minimum atomic E-state index is -4.79. The molecule has 0 unspecified atom stereocenters. The number of rotatable bonds is 5. The van der Waals surface area contributed by atoms with Gasteiger partial charge in [0, 0.05) is 35.6 Å². The number of amides is 1. The van der Waals surface area contributed by atoms with Crippen molar-refractivity contribution >= 4 is 6.09 Å². The van der Waals surface area contributed by atoms with Crippen molar-refractivity contribution in [2.75, 3.05) is 0 Å². The number of carbonyl (C=O) groups excluding carboxylic acids is 1. The molecule has 3 rings (SSSR count). The van der Waals surface area contributed by atoms with Crippen LogP contribution in [0.3, 0.4) is 0 Å². The maximum Gasteiger partial charge on any atom is 0.471 e. The number of halogens is 4. The van der Waals surface area contributed by atoms with E-state index in [1.807, 2.05) is 6.92 Å². The number of nitrogens with zero attached hydrogens (tertiary/aromatic N) is 3. The van der Waals surface area contributed by atoms with Gasteiger partial charge in [-0.3, -0.25) is 4.98 Å². The Morgan fingerprint density at radius 3 is 2.69 bits per heavy atom. The largest absolute Gasteiger partial charge is 0.471 e. The Labute approximate surface area is 161 Å². The summed E-state index contributed by atoms with van der Waals surface area (Å²) < 4.78 is 60.9. The Hall–Kier alpha value is -3.50. The van der Waals surface area contributed by atoms with Gasteiger partial charge in [-0.1, -0.05) is 17.3 Å². The van der Waals surface area contributed by atoms with Gasteiger partial charge in [0.2, 0.25) is 5.82 Å². The van der Waals surface area contributed by atoms with Gasteiger partial charge in [-0.25, -0.2) is 9.18 Å². The molecule has 0 saturated carbocycles. The van der Waals surface area contributed by atoms with Gasteiger partial charge < -0.3 is 14.6 Å². The number of hydrogen-bond donors (Lipinski definition) is 1. The summed E-state index contributed by atoms with van der Waals surface area (Å²) in [7, 11) is 0. The Bertz CT molecular complexity index is 1020. The molecule has 152 valence electrons. The Morgan fingerprint density at radius 2 is 2.03 bits per heavy atom. The maximum atomic E-state index is 14.2. The molecule has 1 aromatic carbocycles. The number of aromatic nitrogens is 3. The molecule has 0 bridgehead atoms. The number of alkyl carbamates (subject to hydrolysis) is 1. The lowest BCUT2D eigenvalue weighted by Crippen LogP contribution is -2.24. The molecule has 1 N–H and O–H groups in total. The zero-order valence-electron chi connectivity index (χ0n) is 15.0. The van der Waals surface area contributed by atoms with Crippen molar-refractivity contribution < 1.29 is 31.6 Å². The van der Waals surface area contributed by atoms with E-state index in [-0.39, 0.29) is 24.3 Å². The number of aryl methyl sites for hydroxylation is 1. The molecule has 0 radical (unpaired) electrons. The van der Waals surface area contributed by atoms with E-state index in [1.54, 1.807) is 18.5 Å². The molecular formula is C18H14F4N4O3. The molecular weight excluding hydrogens is 396 g/mol. The number of hydrogen-bond acceptors (Lipinski definition) is 6. The normalized spacial score (nSPS) is 11.3. The Balaban J connectivity index is 1.58. The van der Waals surface area contributed by atoms with Gasteiger partial charge in [-0.2, -0.15) is 18.2 Å². The standard InChI is InChI=1S/C18H14F4N4O3/c1-10-4-11(7-23-6-10)9-28-17(27)24-8-13-3-2-12(5-14(13)19)15-25-16(29-26-15)18(20,21)22/h2-7H,8-9H2,1H3,(H,24,27). The van der Waals surface area contributed by atoms with Gasteiger partial charge in [0.15, 0.2) is 0 Å². The number of ether oxygens (including phenoxy) is 1. The summed E-state index contributed by atoms with van der Waals surface area (Å²) in [6.45, 7) is 1.67. The molecule has 0 saturated heterocycles. The maximum absolute atomic E-state index is 14.2. The molecule has 0 atom stereocenters. The molecule has 7 nitrogen and oxygen atoms in total. The van der Waals surface area contributed by atoms with E-state index < -0.39 is 29.8 Å². The number of carbonyl (C=O) groups is 1. The van der Waals surface area contributed by atoms with Crippen LogP contribution in [-0.2, 0) is 24.1 Å². The lowest BCUT2D eigenvalue weighted by atomic mass is 10.1. The minimum Gasteiger partial charge on any atom is -0.445 e. The fourth-order valence-electron chi connectivity index (χ4n) is 2.35. The van der Waals surface area contributed by atoms with Crippen LogP contribution in [0.5, 0.6) is 0 Å². The molecule has 11 heteroatoms.